The van der Waals surface area contributed by atoms with Gasteiger partial charge in [0.25, 0.3) is 0 Å². The molecule has 0 bridgehead atoms. The fourth-order valence-electron chi connectivity index (χ4n) is 12.5. The Morgan fingerprint density at radius 1 is 0.333 bits per heavy atom. The predicted molar refractivity (Wildman–Crippen MR) is 279 cm³/mol. The van der Waals surface area contributed by atoms with E-state index >= 15 is 0 Å². The van der Waals surface area contributed by atoms with Crippen molar-refractivity contribution in [1.82, 2.24) is 0 Å². The van der Waals surface area contributed by atoms with Crippen LogP contribution in [-0.2, 0) is 16.2 Å². The number of nitrogens with zero attached hydrogens (tertiary/aromatic N) is 1. The molecule has 0 aliphatic heterocycles. The van der Waals surface area contributed by atoms with Gasteiger partial charge in [-0.3, -0.25) is 0 Å². The first-order chi connectivity index (χ1) is 32.2. The Balaban J connectivity index is 1.17. The van der Waals surface area contributed by atoms with E-state index in [-0.39, 0.29) is 10.8 Å². The number of hydrogen-bond donors (Lipinski definition) is 0. The molecule has 0 fully saturated rings. The lowest BCUT2D eigenvalue weighted by Crippen LogP contribution is -2.34. The van der Waals surface area contributed by atoms with Crippen LogP contribution in [0.25, 0.3) is 66.1 Å². The van der Waals surface area contributed by atoms with Crippen molar-refractivity contribution in [2.75, 3.05) is 4.90 Å². The Morgan fingerprint density at radius 2 is 0.848 bits per heavy atom. The number of hydrogen-bond acceptors (Lipinski definition) is 1. The van der Waals surface area contributed by atoms with Gasteiger partial charge in [-0.25, -0.2) is 0 Å². The summed E-state index contributed by atoms with van der Waals surface area (Å²) >= 11 is 0. The predicted octanol–water partition coefficient (Wildman–Crippen LogP) is 17.5. The lowest BCUT2D eigenvalue weighted by Gasteiger charge is -2.43. The van der Waals surface area contributed by atoms with Gasteiger partial charge in [0.05, 0.1) is 11.1 Å². The first-order valence-corrected chi connectivity index (χ1v) is 23.7. The van der Waals surface area contributed by atoms with E-state index in [4.69, 9.17) is 0 Å². The van der Waals surface area contributed by atoms with Crippen LogP contribution < -0.4 is 4.90 Å². The molecular formula is C65H51N. The number of anilines is 3. The summed E-state index contributed by atoms with van der Waals surface area (Å²) in [5.74, 6) is 0. The molecule has 10 aromatic rings. The van der Waals surface area contributed by atoms with Crippen LogP contribution in [0.15, 0.2) is 212 Å². The Kier molecular flexibility index (Phi) is 8.41. The van der Waals surface area contributed by atoms with Crippen molar-refractivity contribution in [3.05, 3.63) is 246 Å². The molecule has 0 N–H and O–H groups in total. The molecule has 1 spiro atoms. The third-order valence-corrected chi connectivity index (χ3v) is 15.7. The zero-order valence-electron chi connectivity index (χ0n) is 38.1. The number of fused-ring (bicyclic) bond motifs is 14. The summed E-state index contributed by atoms with van der Waals surface area (Å²) in [7, 11) is 0. The number of benzene rings is 10. The summed E-state index contributed by atoms with van der Waals surface area (Å²) in [6, 6.07) is 80.5. The molecule has 0 amide bonds. The van der Waals surface area contributed by atoms with Gasteiger partial charge in [0.2, 0.25) is 0 Å². The van der Waals surface area contributed by atoms with Crippen molar-refractivity contribution >= 4 is 38.6 Å². The second-order valence-electron chi connectivity index (χ2n) is 20.2. The zero-order chi connectivity index (χ0) is 44.4. The van der Waals surface area contributed by atoms with Crippen LogP contribution in [0.5, 0.6) is 0 Å². The molecule has 66 heavy (non-hydrogen) atoms. The quantitative estimate of drug-likeness (QED) is 0.156. The molecule has 10 aromatic carbocycles. The van der Waals surface area contributed by atoms with Gasteiger partial charge >= 0.3 is 0 Å². The molecule has 3 aliphatic rings. The maximum Gasteiger partial charge on any atom is 0.0726 e. The van der Waals surface area contributed by atoms with Gasteiger partial charge < -0.3 is 4.90 Å². The van der Waals surface area contributed by atoms with Crippen LogP contribution in [-0.4, -0.2) is 0 Å². The van der Waals surface area contributed by atoms with E-state index in [0.717, 1.165) is 24.2 Å². The van der Waals surface area contributed by atoms with Crippen molar-refractivity contribution in [2.45, 2.75) is 56.8 Å². The van der Waals surface area contributed by atoms with Crippen LogP contribution in [0.3, 0.4) is 0 Å². The van der Waals surface area contributed by atoms with Crippen LogP contribution in [0.2, 0.25) is 0 Å². The maximum atomic E-state index is 2.61. The van der Waals surface area contributed by atoms with Crippen LogP contribution in [0.1, 0.15) is 73.9 Å². The summed E-state index contributed by atoms with van der Waals surface area (Å²) in [6.07, 6.45) is 2.29. The normalized spacial score (nSPS) is 15.5. The minimum absolute atomic E-state index is 0.0236. The monoisotopic (exact) mass is 845 g/mol. The average molecular weight is 846 g/mol. The summed E-state index contributed by atoms with van der Waals surface area (Å²) in [4.78, 5) is 2.58. The SMILES string of the molecule is CC1(C)CCC(C)(C)c2c(-c3cc4c(cc3N(c3ccc(-c5ccccc5)cc3)c3ccc5ccc6ccccc6c5c3)C3(c5ccccc5-c5ccccc53)c3ccccc3-4)cccc21. The van der Waals surface area contributed by atoms with E-state index in [1.54, 1.807) is 0 Å². The molecule has 13 rings (SSSR count). The van der Waals surface area contributed by atoms with Gasteiger partial charge in [-0.1, -0.05) is 204 Å². The largest absolute Gasteiger partial charge is 0.310 e. The molecule has 316 valence electrons. The minimum Gasteiger partial charge on any atom is -0.310 e. The Hall–Kier alpha value is -7.48. The summed E-state index contributed by atoms with van der Waals surface area (Å²) in [6.45, 7) is 9.85. The molecule has 1 nitrogen and oxygen atoms in total. The van der Waals surface area contributed by atoms with E-state index < -0.39 is 5.41 Å². The van der Waals surface area contributed by atoms with Gasteiger partial charge in [0.15, 0.2) is 0 Å². The molecular weight excluding hydrogens is 795 g/mol. The summed E-state index contributed by atoms with van der Waals surface area (Å²) < 4.78 is 0. The Labute approximate surface area is 388 Å². The highest BCUT2D eigenvalue weighted by Crippen LogP contribution is 2.65. The molecule has 0 radical (unpaired) electrons. The van der Waals surface area contributed by atoms with Gasteiger partial charge in [0, 0.05) is 16.9 Å². The summed E-state index contributed by atoms with van der Waals surface area (Å²) in [5, 5.41) is 5.00. The molecule has 3 aliphatic carbocycles. The highest BCUT2D eigenvalue weighted by molar-refractivity contribution is 6.09. The molecule has 0 saturated carbocycles. The second-order valence-corrected chi connectivity index (χ2v) is 20.2. The number of rotatable bonds is 5. The van der Waals surface area contributed by atoms with Crippen molar-refractivity contribution in [3.63, 3.8) is 0 Å². The van der Waals surface area contributed by atoms with Crippen LogP contribution in [0, 0.1) is 0 Å². The molecule has 0 aromatic heterocycles. The first kappa shape index (κ1) is 38.9. The minimum atomic E-state index is -0.494. The van der Waals surface area contributed by atoms with E-state index in [2.05, 4.69) is 245 Å². The van der Waals surface area contributed by atoms with Gasteiger partial charge in [-0.2, -0.15) is 0 Å². The summed E-state index contributed by atoms with van der Waals surface area (Å²) in [5.41, 5.74) is 21.6. The maximum absolute atomic E-state index is 2.61. The molecule has 0 heterocycles. The molecule has 1 heteroatoms. The average Bonchev–Trinajstić information content (AvgIpc) is 3.82. The highest BCUT2D eigenvalue weighted by Gasteiger charge is 2.52. The standard InChI is InChI=1S/C65H51N/c1-63(2)37-38-64(3,4)62-52(24-16-28-59(62)63)55-40-54-51-23-12-15-27-58(51)65(56-25-13-10-21-49(56)50-22-11-14-26-57(50)65)60(54)41-61(55)66(46-34-31-43(32-35-46)42-17-6-5-7-18-42)47-36-33-45-30-29-44-19-8-9-20-48(44)53(45)39-47/h5-36,39-41H,37-38H2,1-4H3. The van der Waals surface area contributed by atoms with E-state index in [1.807, 2.05) is 0 Å². The third-order valence-electron chi connectivity index (χ3n) is 15.7. The van der Waals surface area contributed by atoms with Crippen molar-refractivity contribution in [3.8, 4) is 44.5 Å². The van der Waals surface area contributed by atoms with Crippen molar-refractivity contribution in [2.24, 2.45) is 0 Å². The zero-order valence-corrected chi connectivity index (χ0v) is 38.1. The molecule has 0 atom stereocenters. The Bertz CT molecular complexity index is 3540. The molecule has 0 unspecified atom stereocenters. The van der Waals surface area contributed by atoms with Gasteiger partial charge in [-0.05, 0) is 154 Å². The fourth-order valence-corrected chi connectivity index (χ4v) is 12.5. The van der Waals surface area contributed by atoms with E-state index in [1.165, 1.54) is 105 Å². The second kappa shape index (κ2) is 14.3. The topological polar surface area (TPSA) is 3.24 Å². The Morgan fingerprint density at radius 3 is 1.55 bits per heavy atom. The van der Waals surface area contributed by atoms with Crippen molar-refractivity contribution in [1.29, 1.82) is 0 Å². The van der Waals surface area contributed by atoms with Crippen LogP contribution in [0.4, 0.5) is 17.1 Å². The lowest BCUT2D eigenvalue weighted by atomic mass is 9.61. The lowest BCUT2D eigenvalue weighted by molar-refractivity contribution is 0.333. The highest BCUT2D eigenvalue weighted by atomic mass is 15.1. The van der Waals surface area contributed by atoms with Crippen molar-refractivity contribution < 1.29 is 0 Å². The van der Waals surface area contributed by atoms with E-state index in [9.17, 15) is 0 Å². The fraction of sp³-hybridized carbons (Fsp3) is 0.138. The van der Waals surface area contributed by atoms with Gasteiger partial charge in [0.1, 0.15) is 0 Å². The smallest absolute Gasteiger partial charge is 0.0726 e. The van der Waals surface area contributed by atoms with Crippen LogP contribution >= 0.6 is 0 Å². The first-order valence-electron chi connectivity index (χ1n) is 23.7. The third kappa shape index (κ3) is 5.53. The van der Waals surface area contributed by atoms with Gasteiger partial charge in [-0.15, -0.1) is 0 Å². The van der Waals surface area contributed by atoms with E-state index in [0.29, 0.717) is 0 Å². The molecule has 0 saturated heterocycles.